The van der Waals surface area contributed by atoms with Crippen LogP contribution in [0.15, 0.2) is 18.3 Å². The molecule has 4 nitrogen and oxygen atoms in total. The molecule has 13 heavy (non-hydrogen) atoms. The van der Waals surface area contributed by atoms with Crippen molar-refractivity contribution in [2.24, 2.45) is 0 Å². The number of nitrogens with one attached hydrogen (secondary N) is 1. The number of methoxy groups -OCH3 is 1. The van der Waals surface area contributed by atoms with Crippen LogP contribution in [0, 0.1) is 0 Å². The molecule has 0 aliphatic heterocycles. The van der Waals surface area contributed by atoms with Crippen molar-refractivity contribution >= 4 is 0 Å². The van der Waals surface area contributed by atoms with Crippen molar-refractivity contribution in [1.29, 1.82) is 0 Å². The van der Waals surface area contributed by atoms with E-state index in [4.69, 9.17) is 4.74 Å². The van der Waals surface area contributed by atoms with E-state index < -0.39 is 0 Å². The predicted molar refractivity (Wildman–Crippen MR) is 50.2 cm³/mol. The van der Waals surface area contributed by atoms with Crippen molar-refractivity contribution < 1.29 is 4.74 Å². The molecule has 1 N–H and O–H groups in total. The highest BCUT2D eigenvalue weighted by Crippen LogP contribution is 1.90. The third-order valence-corrected chi connectivity index (χ3v) is 1.77. The van der Waals surface area contributed by atoms with Crippen molar-refractivity contribution in [2.45, 2.75) is 19.6 Å². The Balaban J connectivity index is 2.20. The zero-order chi connectivity index (χ0) is 9.52. The average molecular weight is 181 g/mol. The molecule has 1 aromatic rings. The number of hydrogen-bond donors (Lipinski definition) is 1. The van der Waals surface area contributed by atoms with Crippen LogP contribution in [-0.2, 0) is 11.3 Å². The fourth-order valence-corrected chi connectivity index (χ4v) is 0.915. The number of rotatable bonds is 5. The molecule has 0 aromatic carbocycles. The van der Waals surface area contributed by atoms with E-state index in [0.717, 1.165) is 18.8 Å². The van der Waals surface area contributed by atoms with Crippen LogP contribution in [0.2, 0.25) is 0 Å². The van der Waals surface area contributed by atoms with Gasteiger partial charge in [0.25, 0.3) is 0 Å². The lowest BCUT2D eigenvalue weighted by atomic mass is 10.3. The maximum absolute atomic E-state index is 5.09. The topological polar surface area (TPSA) is 47.0 Å². The van der Waals surface area contributed by atoms with Gasteiger partial charge in [-0.2, -0.15) is 10.2 Å². The Labute approximate surface area is 78.3 Å². The second-order valence-electron chi connectivity index (χ2n) is 2.89. The summed E-state index contributed by atoms with van der Waals surface area (Å²) in [6, 6.07) is 3.82. The Hall–Kier alpha value is -1.00. The van der Waals surface area contributed by atoms with Gasteiger partial charge in [0.05, 0.1) is 11.8 Å². The van der Waals surface area contributed by atoms with Gasteiger partial charge in [0.1, 0.15) is 0 Å². The SMILES string of the molecule is COC(C)CNCc1cccnn1. The Morgan fingerprint density at radius 1 is 1.62 bits per heavy atom. The predicted octanol–water partition coefficient (Wildman–Crippen LogP) is 0.601. The second kappa shape index (κ2) is 5.61. The lowest BCUT2D eigenvalue weighted by molar-refractivity contribution is 0.117. The smallest absolute Gasteiger partial charge is 0.0768 e. The molecule has 0 bridgehead atoms. The maximum atomic E-state index is 5.09. The highest BCUT2D eigenvalue weighted by atomic mass is 16.5. The zero-order valence-corrected chi connectivity index (χ0v) is 8.03. The van der Waals surface area contributed by atoms with Crippen molar-refractivity contribution in [3.05, 3.63) is 24.0 Å². The van der Waals surface area contributed by atoms with E-state index in [1.165, 1.54) is 0 Å². The fraction of sp³-hybridized carbons (Fsp3) is 0.556. The maximum Gasteiger partial charge on any atom is 0.0768 e. The average Bonchev–Trinajstić information content (AvgIpc) is 2.19. The van der Waals surface area contributed by atoms with Gasteiger partial charge in [-0.05, 0) is 19.1 Å². The molecule has 1 heterocycles. The summed E-state index contributed by atoms with van der Waals surface area (Å²) in [6.45, 7) is 3.58. The normalized spacial score (nSPS) is 12.8. The van der Waals surface area contributed by atoms with Crippen molar-refractivity contribution in [2.75, 3.05) is 13.7 Å². The number of hydrogen-bond acceptors (Lipinski definition) is 4. The van der Waals surface area contributed by atoms with Crippen LogP contribution in [0.3, 0.4) is 0 Å². The highest BCUT2D eigenvalue weighted by Gasteiger charge is 1.98. The number of ether oxygens (including phenoxy) is 1. The van der Waals surface area contributed by atoms with E-state index in [-0.39, 0.29) is 6.10 Å². The molecule has 0 amide bonds. The quantitative estimate of drug-likeness (QED) is 0.722. The Bertz CT molecular complexity index is 228. The van der Waals surface area contributed by atoms with Gasteiger partial charge in [-0.25, -0.2) is 0 Å². The fourth-order valence-electron chi connectivity index (χ4n) is 0.915. The van der Waals surface area contributed by atoms with Crippen LogP contribution >= 0.6 is 0 Å². The van der Waals surface area contributed by atoms with Gasteiger partial charge in [-0.15, -0.1) is 0 Å². The van der Waals surface area contributed by atoms with Gasteiger partial charge >= 0.3 is 0 Å². The summed E-state index contributed by atoms with van der Waals surface area (Å²) < 4.78 is 5.09. The largest absolute Gasteiger partial charge is 0.380 e. The van der Waals surface area contributed by atoms with E-state index in [1.807, 2.05) is 19.1 Å². The molecule has 0 saturated carbocycles. The molecule has 0 fully saturated rings. The standard InChI is InChI=1S/C9H15N3O/c1-8(13-2)6-10-7-9-4-3-5-11-12-9/h3-5,8,10H,6-7H2,1-2H3. The van der Waals surface area contributed by atoms with Crippen molar-refractivity contribution in [1.82, 2.24) is 15.5 Å². The molecule has 1 rings (SSSR count). The first-order chi connectivity index (χ1) is 6.33. The lowest BCUT2D eigenvalue weighted by Crippen LogP contribution is -2.25. The van der Waals surface area contributed by atoms with Gasteiger partial charge in [0, 0.05) is 26.4 Å². The number of nitrogens with zero attached hydrogens (tertiary/aromatic N) is 2. The minimum absolute atomic E-state index is 0.233. The van der Waals surface area contributed by atoms with Gasteiger partial charge < -0.3 is 10.1 Å². The van der Waals surface area contributed by atoms with Gasteiger partial charge in [-0.3, -0.25) is 0 Å². The van der Waals surface area contributed by atoms with E-state index in [2.05, 4.69) is 15.5 Å². The molecule has 4 heteroatoms. The molecule has 1 unspecified atom stereocenters. The van der Waals surface area contributed by atoms with E-state index >= 15 is 0 Å². The van der Waals surface area contributed by atoms with Crippen LogP contribution in [0.5, 0.6) is 0 Å². The Kier molecular flexibility index (Phi) is 4.35. The molecule has 72 valence electrons. The van der Waals surface area contributed by atoms with Crippen LogP contribution in [0.25, 0.3) is 0 Å². The summed E-state index contributed by atoms with van der Waals surface area (Å²) in [5.41, 5.74) is 0.950. The summed E-state index contributed by atoms with van der Waals surface area (Å²) in [5, 5.41) is 11.0. The Morgan fingerprint density at radius 3 is 3.08 bits per heavy atom. The molecule has 0 spiro atoms. The van der Waals surface area contributed by atoms with Gasteiger partial charge in [-0.1, -0.05) is 0 Å². The summed E-state index contributed by atoms with van der Waals surface area (Å²) >= 11 is 0. The molecule has 0 saturated heterocycles. The highest BCUT2D eigenvalue weighted by molar-refractivity contribution is 4.98. The summed E-state index contributed by atoms with van der Waals surface area (Å²) in [7, 11) is 1.70. The van der Waals surface area contributed by atoms with Gasteiger partial charge in [0.2, 0.25) is 0 Å². The minimum atomic E-state index is 0.233. The van der Waals surface area contributed by atoms with E-state index in [9.17, 15) is 0 Å². The first-order valence-corrected chi connectivity index (χ1v) is 4.33. The third kappa shape index (κ3) is 3.96. The Morgan fingerprint density at radius 2 is 2.46 bits per heavy atom. The van der Waals surface area contributed by atoms with Crippen LogP contribution in [0.1, 0.15) is 12.6 Å². The zero-order valence-electron chi connectivity index (χ0n) is 8.03. The molecule has 1 atom stereocenters. The van der Waals surface area contributed by atoms with Crippen LogP contribution < -0.4 is 5.32 Å². The molecule has 0 aliphatic carbocycles. The first kappa shape index (κ1) is 10.1. The first-order valence-electron chi connectivity index (χ1n) is 4.33. The van der Waals surface area contributed by atoms with E-state index in [0.29, 0.717) is 0 Å². The third-order valence-electron chi connectivity index (χ3n) is 1.77. The molecule has 0 aliphatic rings. The second-order valence-corrected chi connectivity index (χ2v) is 2.89. The van der Waals surface area contributed by atoms with Crippen LogP contribution in [0.4, 0.5) is 0 Å². The van der Waals surface area contributed by atoms with Crippen LogP contribution in [-0.4, -0.2) is 30.0 Å². The van der Waals surface area contributed by atoms with Gasteiger partial charge in [0.15, 0.2) is 0 Å². The van der Waals surface area contributed by atoms with Crippen molar-refractivity contribution in [3.63, 3.8) is 0 Å². The lowest BCUT2D eigenvalue weighted by Gasteiger charge is -2.09. The van der Waals surface area contributed by atoms with E-state index in [1.54, 1.807) is 13.3 Å². The molecular weight excluding hydrogens is 166 g/mol. The molecule has 1 aromatic heterocycles. The summed E-state index contributed by atoms with van der Waals surface area (Å²) in [5.74, 6) is 0. The molecule has 0 radical (unpaired) electrons. The van der Waals surface area contributed by atoms with Crippen molar-refractivity contribution in [3.8, 4) is 0 Å². The minimum Gasteiger partial charge on any atom is -0.380 e. The summed E-state index contributed by atoms with van der Waals surface area (Å²) in [6.07, 6.45) is 1.90. The summed E-state index contributed by atoms with van der Waals surface area (Å²) in [4.78, 5) is 0. The molecular formula is C9H15N3O. The monoisotopic (exact) mass is 181 g/mol. The number of aromatic nitrogens is 2.